The number of fused-ring (bicyclic) bond motifs is 1. The van der Waals surface area contributed by atoms with Crippen molar-refractivity contribution in [3.63, 3.8) is 0 Å². The molecule has 1 aromatic rings. The minimum Gasteiger partial charge on any atom is -0.394 e. The highest BCUT2D eigenvalue weighted by molar-refractivity contribution is 14.1. The van der Waals surface area contributed by atoms with Crippen LogP contribution in [-0.4, -0.2) is 12.1 Å². The molecule has 0 saturated carbocycles. The highest BCUT2D eigenvalue weighted by Gasteiger charge is 2.46. The minimum absolute atomic E-state index is 0.0756. The Morgan fingerprint density at radius 2 is 1.93 bits per heavy atom. The van der Waals surface area contributed by atoms with Crippen molar-refractivity contribution in [2.45, 2.75) is 13.2 Å². The number of rotatable bonds is 1. The largest absolute Gasteiger partial charge is 0.586 e. The molecule has 0 fully saturated rings. The van der Waals surface area contributed by atoms with Crippen LogP contribution in [0.2, 0.25) is 0 Å². The fourth-order valence-corrected chi connectivity index (χ4v) is 1.81. The molecule has 0 aliphatic carbocycles. The molecule has 1 aliphatic rings. The Hall–Kier alpha value is -0.920. The minimum atomic E-state index is -3.69. The number of ether oxygens (including phenoxy) is 2. The fourth-order valence-electron chi connectivity index (χ4n) is 1.27. The molecular formula is C9H5F2IO3. The second-order valence-electron chi connectivity index (χ2n) is 2.98. The van der Waals surface area contributed by atoms with Gasteiger partial charge in [-0.15, -0.1) is 8.78 Å². The maximum atomic E-state index is 12.8. The first-order chi connectivity index (χ1) is 6.91. The number of hydrogen-bond donors (Lipinski definition) is 0. The number of alkyl halides is 2. The van der Waals surface area contributed by atoms with Crippen molar-refractivity contribution in [3.05, 3.63) is 21.3 Å². The zero-order valence-electron chi connectivity index (χ0n) is 7.51. The summed E-state index contributed by atoms with van der Waals surface area (Å²) in [5, 5.41) is 0. The molecule has 2 rings (SSSR count). The number of Topliss-reactive ketones (excluding diaryl/α,β-unsaturated/α-hetero) is 1. The number of benzene rings is 1. The van der Waals surface area contributed by atoms with Crippen molar-refractivity contribution >= 4 is 28.4 Å². The van der Waals surface area contributed by atoms with Crippen molar-refractivity contribution in [2.24, 2.45) is 0 Å². The van der Waals surface area contributed by atoms with Crippen LogP contribution in [0.4, 0.5) is 8.78 Å². The van der Waals surface area contributed by atoms with Crippen LogP contribution in [-0.2, 0) is 0 Å². The molecule has 0 spiro atoms. The van der Waals surface area contributed by atoms with E-state index in [1.165, 1.54) is 19.1 Å². The summed E-state index contributed by atoms with van der Waals surface area (Å²) in [4.78, 5) is 11.1. The van der Waals surface area contributed by atoms with E-state index in [4.69, 9.17) is 0 Å². The van der Waals surface area contributed by atoms with Gasteiger partial charge in [0.2, 0.25) is 0 Å². The van der Waals surface area contributed by atoms with Gasteiger partial charge in [0.1, 0.15) is 0 Å². The Labute approximate surface area is 97.5 Å². The number of carbonyl (C=O) groups excluding carboxylic acids is 1. The first-order valence-electron chi connectivity index (χ1n) is 4.00. The van der Waals surface area contributed by atoms with Crippen LogP contribution in [0, 0.1) is 3.57 Å². The monoisotopic (exact) mass is 326 g/mol. The molecule has 0 saturated heterocycles. The van der Waals surface area contributed by atoms with Gasteiger partial charge in [0.25, 0.3) is 0 Å². The summed E-state index contributed by atoms with van der Waals surface area (Å²) in [6, 6.07) is 2.97. The summed E-state index contributed by atoms with van der Waals surface area (Å²) >= 11 is 1.83. The quantitative estimate of drug-likeness (QED) is 0.588. The van der Waals surface area contributed by atoms with Gasteiger partial charge in [-0.2, -0.15) is 0 Å². The lowest BCUT2D eigenvalue weighted by Crippen LogP contribution is -2.26. The predicted molar refractivity (Wildman–Crippen MR) is 55.4 cm³/mol. The maximum Gasteiger partial charge on any atom is 0.586 e. The van der Waals surface area contributed by atoms with E-state index in [9.17, 15) is 13.6 Å². The Kier molecular flexibility index (Phi) is 2.32. The molecule has 0 amide bonds. The lowest BCUT2D eigenvalue weighted by molar-refractivity contribution is -0.287. The van der Waals surface area contributed by atoms with E-state index in [0.717, 1.165) is 0 Å². The lowest BCUT2D eigenvalue weighted by Gasteiger charge is -2.05. The third-order valence-corrected chi connectivity index (χ3v) is 2.73. The van der Waals surface area contributed by atoms with E-state index >= 15 is 0 Å². The fraction of sp³-hybridized carbons (Fsp3) is 0.222. The van der Waals surface area contributed by atoms with Gasteiger partial charge in [-0.05, 0) is 41.6 Å². The Morgan fingerprint density at radius 3 is 2.53 bits per heavy atom. The first-order valence-corrected chi connectivity index (χ1v) is 5.08. The summed E-state index contributed by atoms with van der Waals surface area (Å²) in [7, 11) is 0. The smallest absolute Gasteiger partial charge is 0.394 e. The average Bonchev–Trinajstić information content (AvgIpc) is 2.41. The Balaban J connectivity index is 2.60. The molecule has 0 N–H and O–H groups in total. The lowest BCUT2D eigenvalue weighted by atomic mass is 10.1. The van der Waals surface area contributed by atoms with E-state index in [1.807, 2.05) is 22.6 Å². The van der Waals surface area contributed by atoms with Crippen molar-refractivity contribution < 1.29 is 23.0 Å². The van der Waals surface area contributed by atoms with Gasteiger partial charge in [0, 0.05) is 0 Å². The van der Waals surface area contributed by atoms with Gasteiger partial charge in [0.05, 0.1) is 9.13 Å². The molecule has 1 heterocycles. The highest BCUT2D eigenvalue weighted by Crippen LogP contribution is 2.46. The first kappa shape index (κ1) is 10.6. The molecular weight excluding hydrogens is 321 g/mol. The van der Waals surface area contributed by atoms with Crippen LogP contribution in [0.25, 0.3) is 0 Å². The summed E-state index contributed by atoms with van der Waals surface area (Å²) in [6.07, 6.45) is -3.69. The summed E-state index contributed by atoms with van der Waals surface area (Å²) < 4.78 is 34.7. The third kappa shape index (κ3) is 1.77. The predicted octanol–water partition coefficient (Wildman–Crippen LogP) is 2.82. The van der Waals surface area contributed by atoms with E-state index in [1.54, 1.807) is 0 Å². The normalized spacial score (nSPS) is 16.5. The standard InChI is InChI=1S/C9H5F2IO3/c1-4(13)5-2-3-6(12)8-7(5)14-9(10,11)15-8/h2-3H,1H3. The number of halogens is 3. The van der Waals surface area contributed by atoms with Gasteiger partial charge in [-0.3, -0.25) is 4.79 Å². The highest BCUT2D eigenvalue weighted by atomic mass is 127. The second-order valence-corrected chi connectivity index (χ2v) is 4.14. The summed E-state index contributed by atoms with van der Waals surface area (Å²) in [5.41, 5.74) is 0.0996. The maximum absolute atomic E-state index is 12.8. The summed E-state index contributed by atoms with van der Waals surface area (Å²) in [5.74, 6) is -0.600. The van der Waals surface area contributed by atoms with Gasteiger partial charge in [-0.25, -0.2) is 0 Å². The molecule has 80 valence electrons. The molecule has 0 atom stereocenters. The van der Waals surface area contributed by atoms with Crippen molar-refractivity contribution in [1.82, 2.24) is 0 Å². The molecule has 1 aromatic carbocycles. The van der Waals surface area contributed by atoms with E-state index < -0.39 is 6.29 Å². The van der Waals surface area contributed by atoms with Crippen LogP contribution in [0.15, 0.2) is 12.1 Å². The molecule has 6 heteroatoms. The third-order valence-electron chi connectivity index (χ3n) is 1.89. The Bertz CT molecular complexity index is 445. The summed E-state index contributed by atoms with van der Waals surface area (Å²) in [6.45, 7) is 1.28. The average molecular weight is 326 g/mol. The molecule has 0 aromatic heterocycles. The van der Waals surface area contributed by atoms with E-state index in [-0.39, 0.29) is 22.8 Å². The van der Waals surface area contributed by atoms with Gasteiger partial charge in [-0.1, -0.05) is 0 Å². The van der Waals surface area contributed by atoms with Crippen LogP contribution >= 0.6 is 22.6 Å². The van der Waals surface area contributed by atoms with Crippen LogP contribution in [0.1, 0.15) is 17.3 Å². The molecule has 1 aliphatic heterocycles. The van der Waals surface area contributed by atoms with Crippen molar-refractivity contribution in [3.8, 4) is 11.5 Å². The number of carbonyl (C=O) groups is 1. The van der Waals surface area contributed by atoms with E-state index in [2.05, 4.69) is 9.47 Å². The van der Waals surface area contributed by atoms with Gasteiger partial charge >= 0.3 is 6.29 Å². The zero-order valence-corrected chi connectivity index (χ0v) is 9.67. The molecule has 3 nitrogen and oxygen atoms in total. The van der Waals surface area contributed by atoms with Crippen molar-refractivity contribution in [1.29, 1.82) is 0 Å². The van der Waals surface area contributed by atoms with Gasteiger partial charge < -0.3 is 9.47 Å². The van der Waals surface area contributed by atoms with Crippen LogP contribution in [0.5, 0.6) is 11.5 Å². The van der Waals surface area contributed by atoms with Gasteiger partial charge in [0.15, 0.2) is 17.3 Å². The van der Waals surface area contributed by atoms with E-state index in [0.29, 0.717) is 3.57 Å². The van der Waals surface area contributed by atoms with Crippen molar-refractivity contribution in [2.75, 3.05) is 0 Å². The molecule has 0 bridgehead atoms. The van der Waals surface area contributed by atoms with Crippen LogP contribution in [0.3, 0.4) is 0 Å². The second kappa shape index (κ2) is 3.29. The number of hydrogen-bond acceptors (Lipinski definition) is 3. The topological polar surface area (TPSA) is 35.5 Å². The SMILES string of the molecule is CC(=O)c1ccc(I)c2c1OC(F)(F)O2. The van der Waals surface area contributed by atoms with Crippen LogP contribution < -0.4 is 9.47 Å². The zero-order chi connectivity index (χ0) is 11.2. The molecule has 0 unspecified atom stereocenters. The molecule has 15 heavy (non-hydrogen) atoms. The molecule has 0 radical (unpaired) electrons. The number of ketones is 1. The Morgan fingerprint density at radius 1 is 1.33 bits per heavy atom.